The standard InChI is InChI=1S/C23H23FN4O4S/c1-32-21-12-11-17(33(30,31)27-15-7-8-15)13-19(21)25-23(29)22-18-3-2-4-20(18)28(26-22)16-9-5-14(24)6-10-16/h5-6,9-13,15,27H,2-4,7-8H2,1H3,(H,25,29). The van der Waals surface area contributed by atoms with E-state index in [1.54, 1.807) is 16.8 Å². The smallest absolute Gasteiger partial charge is 0.276 e. The summed E-state index contributed by atoms with van der Waals surface area (Å²) in [5, 5.41) is 7.28. The fourth-order valence-electron chi connectivity index (χ4n) is 4.04. The number of amides is 1. The molecule has 2 aliphatic rings. The van der Waals surface area contributed by atoms with Gasteiger partial charge in [0.25, 0.3) is 5.91 Å². The summed E-state index contributed by atoms with van der Waals surface area (Å²) in [5.41, 5.74) is 2.94. The van der Waals surface area contributed by atoms with Gasteiger partial charge in [-0.3, -0.25) is 4.79 Å². The molecule has 2 aromatic carbocycles. The lowest BCUT2D eigenvalue weighted by Crippen LogP contribution is -2.26. The van der Waals surface area contributed by atoms with Crippen LogP contribution in [0, 0.1) is 5.82 Å². The van der Waals surface area contributed by atoms with Gasteiger partial charge in [0.15, 0.2) is 5.69 Å². The molecule has 1 amide bonds. The zero-order valence-corrected chi connectivity index (χ0v) is 18.8. The summed E-state index contributed by atoms with van der Waals surface area (Å²) in [6, 6.07) is 10.2. The van der Waals surface area contributed by atoms with E-state index in [1.807, 2.05) is 0 Å². The van der Waals surface area contributed by atoms with Crippen molar-refractivity contribution in [3.05, 3.63) is 65.2 Å². The zero-order chi connectivity index (χ0) is 23.2. The topological polar surface area (TPSA) is 102 Å². The van der Waals surface area contributed by atoms with Crippen molar-refractivity contribution in [2.75, 3.05) is 12.4 Å². The van der Waals surface area contributed by atoms with Gasteiger partial charge in [-0.1, -0.05) is 0 Å². The average molecular weight is 471 g/mol. The van der Waals surface area contributed by atoms with Crippen molar-refractivity contribution in [1.29, 1.82) is 0 Å². The average Bonchev–Trinajstić information content (AvgIpc) is 3.32. The molecule has 8 nitrogen and oxygen atoms in total. The second kappa shape index (κ2) is 8.27. The van der Waals surface area contributed by atoms with Gasteiger partial charge in [0.05, 0.1) is 23.4 Å². The number of benzene rings is 2. The molecule has 1 saturated carbocycles. The number of fused-ring (bicyclic) bond motifs is 1. The van der Waals surface area contributed by atoms with Gasteiger partial charge in [0, 0.05) is 17.3 Å². The number of halogens is 1. The van der Waals surface area contributed by atoms with Crippen LogP contribution in [0.5, 0.6) is 5.75 Å². The number of nitrogens with zero attached hydrogens (tertiary/aromatic N) is 2. The van der Waals surface area contributed by atoms with E-state index in [-0.39, 0.29) is 28.1 Å². The number of aromatic nitrogens is 2. The van der Waals surface area contributed by atoms with Crippen LogP contribution in [-0.4, -0.2) is 37.3 Å². The Labute approximate surface area is 190 Å². The molecule has 0 aliphatic heterocycles. The van der Waals surface area contributed by atoms with Gasteiger partial charge in [-0.25, -0.2) is 22.2 Å². The largest absolute Gasteiger partial charge is 0.495 e. The monoisotopic (exact) mass is 470 g/mol. The van der Waals surface area contributed by atoms with Gasteiger partial charge in [0.2, 0.25) is 10.0 Å². The molecule has 3 aromatic rings. The molecule has 2 N–H and O–H groups in total. The Kier molecular flexibility index (Phi) is 5.41. The molecule has 2 aliphatic carbocycles. The van der Waals surface area contributed by atoms with Crippen LogP contribution >= 0.6 is 0 Å². The van der Waals surface area contributed by atoms with Gasteiger partial charge >= 0.3 is 0 Å². The summed E-state index contributed by atoms with van der Waals surface area (Å²) in [6.07, 6.45) is 3.99. The number of ether oxygens (including phenoxy) is 1. The van der Waals surface area contributed by atoms with Crippen LogP contribution in [0.1, 0.15) is 41.0 Å². The number of methoxy groups -OCH3 is 1. The molecule has 1 fully saturated rings. The van der Waals surface area contributed by atoms with Crippen LogP contribution in [0.4, 0.5) is 10.1 Å². The Bertz CT molecular complexity index is 1330. The molecular weight excluding hydrogens is 447 g/mol. The Balaban J connectivity index is 1.47. The van der Waals surface area contributed by atoms with Crippen molar-refractivity contribution in [2.24, 2.45) is 0 Å². The molecule has 10 heteroatoms. The van der Waals surface area contributed by atoms with Crippen LogP contribution in [-0.2, 0) is 22.9 Å². The molecule has 33 heavy (non-hydrogen) atoms. The van der Waals surface area contributed by atoms with Gasteiger partial charge in [0.1, 0.15) is 11.6 Å². The third-order valence-electron chi connectivity index (χ3n) is 5.85. The minimum Gasteiger partial charge on any atom is -0.495 e. The molecule has 0 unspecified atom stereocenters. The molecule has 172 valence electrons. The first-order chi connectivity index (χ1) is 15.9. The summed E-state index contributed by atoms with van der Waals surface area (Å²) in [4.78, 5) is 13.3. The number of hydrogen-bond acceptors (Lipinski definition) is 5. The predicted molar refractivity (Wildman–Crippen MR) is 120 cm³/mol. The van der Waals surface area contributed by atoms with Gasteiger partial charge in [-0.2, -0.15) is 5.10 Å². The Hall–Kier alpha value is -3.24. The maximum Gasteiger partial charge on any atom is 0.276 e. The lowest BCUT2D eigenvalue weighted by molar-refractivity contribution is 0.102. The van der Waals surface area contributed by atoms with Crippen LogP contribution in [0.15, 0.2) is 47.4 Å². The van der Waals surface area contributed by atoms with E-state index in [2.05, 4.69) is 15.1 Å². The number of sulfonamides is 1. The maximum atomic E-state index is 13.4. The second-order valence-electron chi connectivity index (χ2n) is 8.23. The Morgan fingerprint density at radius 2 is 1.91 bits per heavy atom. The predicted octanol–water partition coefficient (Wildman–Crippen LogP) is 3.20. The third-order valence-corrected chi connectivity index (χ3v) is 7.36. The number of carbonyl (C=O) groups is 1. The van der Waals surface area contributed by atoms with E-state index in [0.717, 1.165) is 36.9 Å². The summed E-state index contributed by atoms with van der Waals surface area (Å²) >= 11 is 0. The highest BCUT2D eigenvalue weighted by atomic mass is 32.2. The maximum absolute atomic E-state index is 13.4. The number of nitrogens with one attached hydrogen (secondary N) is 2. The number of hydrogen-bond donors (Lipinski definition) is 2. The second-order valence-corrected chi connectivity index (χ2v) is 9.94. The lowest BCUT2D eigenvalue weighted by atomic mass is 10.2. The summed E-state index contributed by atoms with van der Waals surface area (Å²) in [7, 11) is -2.25. The fourth-order valence-corrected chi connectivity index (χ4v) is 5.37. The van der Waals surface area contributed by atoms with Crippen molar-refractivity contribution < 1.29 is 22.3 Å². The van der Waals surface area contributed by atoms with Crippen molar-refractivity contribution in [3.63, 3.8) is 0 Å². The van der Waals surface area contributed by atoms with Crippen LogP contribution < -0.4 is 14.8 Å². The van der Waals surface area contributed by atoms with Gasteiger partial charge in [-0.15, -0.1) is 0 Å². The van der Waals surface area contributed by atoms with Crippen LogP contribution in [0.25, 0.3) is 5.69 Å². The summed E-state index contributed by atoms with van der Waals surface area (Å²) in [5.74, 6) is -0.473. The fraction of sp³-hybridized carbons (Fsp3) is 0.304. The molecular formula is C23H23FN4O4S. The molecule has 5 rings (SSSR count). The first-order valence-electron chi connectivity index (χ1n) is 10.7. The highest BCUT2D eigenvalue weighted by Gasteiger charge is 2.30. The summed E-state index contributed by atoms with van der Waals surface area (Å²) in [6.45, 7) is 0. The Morgan fingerprint density at radius 3 is 2.61 bits per heavy atom. The van der Waals surface area contributed by atoms with E-state index in [4.69, 9.17) is 4.74 Å². The van der Waals surface area contributed by atoms with E-state index in [0.29, 0.717) is 17.9 Å². The van der Waals surface area contributed by atoms with E-state index in [9.17, 15) is 17.6 Å². The summed E-state index contributed by atoms with van der Waals surface area (Å²) < 4.78 is 48.2. The van der Waals surface area contributed by atoms with E-state index < -0.39 is 15.9 Å². The third kappa shape index (κ3) is 4.23. The van der Waals surface area contributed by atoms with Crippen LogP contribution in [0.2, 0.25) is 0 Å². The molecule has 1 heterocycles. The van der Waals surface area contributed by atoms with Crippen molar-refractivity contribution in [3.8, 4) is 11.4 Å². The first-order valence-corrected chi connectivity index (χ1v) is 12.2. The number of carbonyl (C=O) groups excluding carboxylic acids is 1. The lowest BCUT2D eigenvalue weighted by Gasteiger charge is -2.12. The van der Waals surface area contributed by atoms with E-state index in [1.165, 1.54) is 37.4 Å². The molecule has 0 bridgehead atoms. The van der Waals surface area contributed by atoms with Crippen molar-refractivity contribution in [1.82, 2.24) is 14.5 Å². The minimum absolute atomic E-state index is 0.0341. The first kappa shape index (κ1) is 21.6. The van der Waals surface area contributed by atoms with E-state index >= 15 is 0 Å². The number of rotatable bonds is 7. The highest BCUT2D eigenvalue weighted by molar-refractivity contribution is 7.89. The normalized spacial score (nSPS) is 15.3. The molecule has 0 atom stereocenters. The van der Waals surface area contributed by atoms with Gasteiger partial charge < -0.3 is 10.1 Å². The highest BCUT2D eigenvalue weighted by Crippen LogP contribution is 2.32. The number of anilines is 1. The quantitative estimate of drug-likeness (QED) is 0.552. The van der Waals surface area contributed by atoms with Crippen LogP contribution in [0.3, 0.4) is 0 Å². The molecule has 0 saturated heterocycles. The molecule has 1 aromatic heterocycles. The zero-order valence-electron chi connectivity index (χ0n) is 18.0. The Morgan fingerprint density at radius 1 is 1.15 bits per heavy atom. The molecule has 0 radical (unpaired) electrons. The minimum atomic E-state index is -3.70. The van der Waals surface area contributed by atoms with Crippen molar-refractivity contribution in [2.45, 2.75) is 43.0 Å². The SMILES string of the molecule is COc1ccc(S(=O)(=O)NC2CC2)cc1NC(=O)c1nn(-c2ccc(F)cc2)c2c1CCC2. The van der Waals surface area contributed by atoms with Crippen molar-refractivity contribution >= 4 is 21.6 Å². The molecule has 0 spiro atoms. The van der Waals surface area contributed by atoms with Gasteiger partial charge in [-0.05, 0) is 74.6 Å².